The number of benzene rings is 1. The van der Waals surface area contributed by atoms with Crippen molar-refractivity contribution >= 4 is 14.5 Å². The molecule has 0 aliphatic carbocycles. The molecular weight excluding hydrogens is 322 g/mol. The largest absolute Gasteiger partial charge is 0.544 e. The zero-order chi connectivity index (χ0) is 19.8. The Hall–Kier alpha value is -1.09. The van der Waals surface area contributed by atoms with Crippen LogP contribution in [0.5, 0.6) is 5.75 Å². The maximum Gasteiger partial charge on any atom is 0.242 e. The van der Waals surface area contributed by atoms with Gasteiger partial charge >= 0.3 is 0 Å². The second-order valence-electron chi connectivity index (χ2n) is 11.1. The van der Waals surface area contributed by atoms with Gasteiger partial charge < -0.3 is 4.43 Å². The summed E-state index contributed by atoms with van der Waals surface area (Å²) in [5, 5.41) is 0. The van der Waals surface area contributed by atoms with Crippen molar-refractivity contribution in [3.8, 4) is 5.75 Å². The van der Waals surface area contributed by atoms with Crippen LogP contribution >= 0.6 is 0 Å². The SMILES string of the molecule is CC(C)(C)N=Cc1cc(C(C)(C)C)cc(C(C)(C)C)c1O[Si](C)(C)C. The molecule has 0 unspecified atom stereocenters. The Balaban J connectivity index is 3.76. The predicted molar refractivity (Wildman–Crippen MR) is 115 cm³/mol. The van der Waals surface area contributed by atoms with Gasteiger partial charge in [-0.3, -0.25) is 4.99 Å². The Kier molecular flexibility index (Phi) is 6.06. The van der Waals surface area contributed by atoms with E-state index in [2.05, 4.69) is 94.1 Å². The number of rotatable bonds is 3. The molecule has 0 aliphatic heterocycles. The van der Waals surface area contributed by atoms with Gasteiger partial charge in [-0.05, 0) is 68.4 Å². The Bertz CT molecular complexity index is 632. The maximum atomic E-state index is 6.57. The van der Waals surface area contributed by atoms with E-state index in [9.17, 15) is 0 Å². The molecule has 3 heteroatoms. The van der Waals surface area contributed by atoms with Gasteiger partial charge in [-0.15, -0.1) is 0 Å². The van der Waals surface area contributed by atoms with Gasteiger partial charge in [-0.2, -0.15) is 0 Å². The zero-order valence-corrected chi connectivity index (χ0v) is 19.6. The molecule has 142 valence electrons. The normalized spacial score (nSPS) is 14.2. The van der Waals surface area contributed by atoms with Gasteiger partial charge in [0.15, 0.2) is 0 Å². The highest BCUT2D eigenvalue weighted by Gasteiger charge is 2.28. The summed E-state index contributed by atoms with van der Waals surface area (Å²) in [6.07, 6.45) is 2.01. The lowest BCUT2D eigenvalue weighted by Gasteiger charge is -2.32. The van der Waals surface area contributed by atoms with Crippen LogP contribution in [0.25, 0.3) is 0 Å². The van der Waals surface area contributed by atoms with Gasteiger partial charge in [0.1, 0.15) is 5.75 Å². The van der Waals surface area contributed by atoms with Crippen molar-refractivity contribution in [2.75, 3.05) is 0 Å². The summed E-state index contributed by atoms with van der Waals surface area (Å²) in [5.41, 5.74) is 3.71. The maximum absolute atomic E-state index is 6.57. The number of hydrogen-bond donors (Lipinski definition) is 0. The number of nitrogens with zero attached hydrogens (tertiary/aromatic N) is 1. The first-order valence-corrected chi connectivity index (χ1v) is 12.7. The van der Waals surface area contributed by atoms with Gasteiger partial charge in [0.05, 0.1) is 5.54 Å². The smallest absolute Gasteiger partial charge is 0.242 e. The van der Waals surface area contributed by atoms with Crippen molar-refractivity contribution in [3.63, 3.8) is 0 Å². The second-order valence-corrected chi connectivity index (χ2v) is 15.5. The van der Waals surface area contributed by atoms with Crippen molar-refractivity contribution < 1.29 is 4.43 Å². The monoisotopic (exact) mass is 361 g/mol. The first-order valence-electron chi connectivity index (χ1n) is 9.33. The van der Waals surface area contributed by atoms with Crippen molar-refractivity contribution in [2.45, 2.75) is 98.3 Å². The summed E-state index contributed by atoms with van der Waals surface area (Å²) in [5.74, 6) is 1.02. The van der Waals surface area contributed by atoms with Crippen LogP contribution in [-0.4, -0.2) is 20.1 Å². The highest BCUT2D eigenvalue weighted by Crippen LogP contribution is 2.39. The highest BCUT2D eigenvalue weighted by molar-refractivity contribution is 6.70. The molecule has 1 rings (SSSR count). The third-order valence-corrected chi connectivity index (χ3v) is 4.61. The van der Waals surface area contributed by atoms with E-state index in [1.54, 1.807) is 0 Å². The summed E-state index contributed by atoms with van der Waals surface area (Å²) >= 11 is 0. The molecule has 0 saturated heterocycles. The lowest BCUT2D eigenvalue weighted by molar-refractivity contribution is 0.502. The molecule has 0 radical (unpaired) electrons. The van der Waals surface area contributed by atoms with Crippen LogP contribution in [0.2, 0.25) is 19.6 Å². The second kappa shape index (κ2) is 6.90. The molecular formula is C22H39NOSi. The highest BCUT2D eigenvalue weighted by atomic mass is 28.4. The lowest BCUT2D eigenvalue weighted by atomic mass is 9.79. The summed E-state index contributed by atoms with van der Waals surface area (Å²) in [7, 11) is -1.74. The molecule has 0 spiro atoms. The summed E-state index contributed by atoms with van der Waals surface area (Å²) in [6, 6.07) is 4.60. The Morgan fingerprint density at radius 2 is 1.36 bits per heavy atom. The van der Waals surface area contributed by atoms with Crippen molar-refractivity contribution in [1.29, 1.82) is 0 Å². The van der Waals surface area contributed by atoms with Crippen molar-refractivity contribution in [3.05, 3.63) is 28.8 Å². The minimum Gasteiger partial charge on any atom is -0.544 e. The van der Waals surface area contributed by atoms with E-state index in [-0.39, 0.29) is 16.4 Å². The van der Waals surface area contributed by atoms with Gasteiger partial charge in [0, 0.05) is 11.8 Å². The molecule has 0 fully saturated rings. The van der Waals surface area contributed by atoms with E-state index >= 15 is 0 Å². The summed E-state index contributed by atoms with van der Waals surface area (Å²) in [6.45, 7) is 26.7. The van der Waals surface area contributed by atoms with E-state index in [0.717, 1.165) is 11.3 Å². The van der Waals surface area contributed by atoms with E-state index in [4.69, 9.17) is 9.42 Å². The van der Waals surface area contributed by atoms with Crippen LogP contribution in [-0.2, 0) is 10.8 Å². The van der Waals surface area contributed by atoms with Crippen LogP contribution in [0, 0.1) is 0 Å². The Morgan fingerprint density at radius 3 is 1.72 bits per heavy atom. The molecule has 0 N–H and O–H groups in total. The fourth-order valence-electron chi connectivity index (χ4n) is 2.42. The minimum absolute atomic E-state index is 0.0145. The summed E-state index contributed by atoms with van der Waals surface area (Å²) < 4.78 is 6.57. The standard InChI is InChI=1S/C22H39NOSi/c1-20(2,3)17-13-16(15-23-22(7,8)9)19(24-25(10,11)12)18(14-17)21(4,5)6/h13-15H,1-12H3. The molecule has 25 heavy (non-hydrogen) atoms. The van der Waals surface area contributed by atoms with Gasteiger partial charge in [-0.25, -0.2) is 0 Å². The molecule has 0 aromatic heterocycles. The quantitative estimate of drug-likeness (QED) is 0.433. The molecule has 1 aromatic rings. The van der Waals surface area contributed by atoms with Gasteiger partial charge in [0.2, 0.25) is 8.32 Å². The zero-order valence-electron chi connectivity index (χ0n) is 18.6. The molecule has 0 amide bonds. The van der Waals surface area contributed by atoms with Crippen molar-refractivity contribution in [1.82, 2.24) is 0 Å². The Morgan fingerprint density at radius 1 is 0.840 bits per heavy atom. The fraction of sp³-hybridized carbons (Fsp3) is 0.682. The molecule has 1 aromatic carbocycles. The third-order valence-electron chi connectivity index (χ3n) is 3.79. The lowest BCUT2D eigenvalue weighted by Crippen LogP contribution is -2.32. The molecule has 0 heterocycles. The van der Waals surface area contributed by atoms with Crippen LogP contribution in [0.4, 0.5) is 0 Å². The van der Waals surface area contributed by atoms with Gasteiger partial charge in [-0.1, -0.05) is 47.6 Å². The average Bonchev–Trinajstić information content (AvgIpc) is 2.31. The number of hydrogen-bond acceptors (Lipinski definition) is 2. The molecule has 0 aliphatic rings. The molecule has 0 atom stereocenters. The van der Waals surface area contributed by atoms with E-state index in [0.29, 0.717) is 0 Å². The summed E-state index contributed by atoms with van der Waals surface area (Å²) in [4.78, 5) is 4.77. The van der Waals surface area contributed by atoms with Crippen LogP contribution in [0.15, 0.2) is 17.1 Å². The first kappa shape index (κ1) is 21.9. The van der Waals surface area contributed by atoms with E-state index in [1.807, 2.05) is 6.21 Å². The van der Waals surface area contributed by atoms with Crippen LogP contribution in [0.3, 0.4) is 0 Å². The molecule has 0 bridgehead atoms. The fourth-order valence-corrected chi connectivity index (χ4v) is 3.26. The minimum atomic E-state index is -1.74. The van der Waals surface area contributed by atoms with Crippen LogP contribution in [0.1, 0.15) is 79.0 Å². The topological polar surface area (TPSA) is 21.6 Å². The first-order chi connectivity index (χ1) is 10.9. The van der Waals surface area contributed by atoms with Crippen molar-refractivity contribution in [2.24, 2.45) is 4.99 Å². The third kappa shape index (κ3) is 6.97. The van der Waals surface area contributed by atoms with Crippen LogP contribution < -0.4 is 4.43 Å². The number of aliphatic imine (C=N–C) groups is 1. The molecule has 0 saturated carbocycles. The van der Waals surface area contributed by atoms with E-state index in [1.165, 1.54) is 11.1 Å². The van der Waals surface area contributed by atoms with Gasteiger partial charge in [0.25, 0.3) is 0 Å². The average molecular weight is 362 g/mol. The van der Waals surface area contributed by atoms with E-state index < -0.39 is 8.32 Å². The predicted octanol–water partition coefficient (Wildman–Crippen LogP) is 6.71. The molecule has 2 nitrogen and oxygen atoms in total. The Labute approximate surface area is 157 Å².